The zero-order valence-electron chi connectivity index (χ0n) is 41.8. The Kier molecular flexibility index (Phi) is 9.46. The normalized spacial score (nSPS) is 13.4. The Balaban J connectivity index is 1.00. The molecule has 0 spiro atoms. The van der Waals surface area contributed by atoms with Crippen LogP contribution in [-0.4, -0.2) is 16.2 Å². The lowest BCUT2D eigenvalue weighted by atomic mass is 9.86. The van der Waals surface area contributed by atoms with Gasteiger partial charge in [-0.1, -0.05) is 169 Å². The topological polar surface area (TPSA) is 33.5 Å². The van der Waals surface area contributed by atoms with E-state index in [0.29, 0.717) is 29.5 Å². The summed E-state index contributed by atoms with van der Waals surface area (Å²) in [7, 11) is 0. The fraction of sp³-hybridized carbons (Fsp3) is 0.145. The monoisotopic (exact) mass is 873 g/mol. The Morgan fingerprint density at radius 1 is 0.493 bits per heavy atom. The predicted octanol–water partition coefficient (Wildman–Crippen LogP) is 16.8. The van der Waals surface area contributed by atoms with E-state index in [9.17, 15) is 1.37 Å². The Hall–Kier alpha value is -7.89. The van der Waals surface area contributed by atoms with Crippen LogP contribution in [0.25, 0.3) is 61.0 Å². The molecular weight excluding hydrogens is 817 g/mol. The number of para-hydroxylation sites is 3. The summed E-state index contributed by atoms with van der Waals surface area (Å²) in [5, 5.41) is 1.95. The first-order valence-corrected chi connectivity index (χ1v) is 23.1. The first kappa shape index (κ1) is 38.4. The van der Waals surface area contributed by atoms with E-state index in [4.69, 9.17) is 7.48 Å². The molecule has 3 heterocycles. The average molecular weight is 874 g/mol. The number of benzene rings is 8. The third-order valence-corrected chi connectivity index (χ3v) is 12.9. The van der Waals surface area contributed by atoms with Gasteiger partial charge >= 0.3 is 0 Å². The molecule has 0 N–H and O–H groups in total. The number of hydrogen-bond acceptors (Lipinski definition) is 4. The molecule has 5 heteroatoms. The number of aromatic nitrogens is 2. The van der Waals surface area contributed by atoms with Crippen LogP contribution in [0.3, 0.4) is 0 Å². The molecule has 328 valence electrons. The average Bonchev–Trinajstić information content (AvgIpc) is 3.90. The maximum Gasteiger partial charge on any atom is 0.137 e. The quantitative estimate of drug-likeness (QED) is 0.152. The minimum absolute atomic E-state index is 0.0207. The Morgan fingerprint density at radius 2 is 1.10 bits per heavy atom. The lowest BCUT2D eigenvalue weighted by Crippen LogP contribution is -2.24. The van der Waals surface area contributed by atoms with E-state index in [0.717, 1.165) is 77.9 Å². The first-order valence-electron chi connectivity index (χ1n) is 24.6. The minimum Gasteiger partial charge on any atom is -0.457 e. The molecule has 0 amide bonds. The molecule has 0 fully saturated rings. The minimum atomic E-state index is -0.561. The largest absolute Gasteiger partial charge is 0.457 e. The van der Waals surface area contributed by atoms with E-state index in [1.165, 1.54) is 5.56 Å². The second kappa shape index (κ2) is 16.5. The van der Waals surface area contributed by atoms with Crippen molar-refractivity contribution in [1.29, 1.82) is 0 Å². The van der Waals surface area contributed by atoms with Crippen molar-refractivity contribution in [2.45, 2.75) is 52.4 Å². The lowest BCUT2D eigenvalue weighted by Gasteiger charge is -2.27. The smallest absolute Gasteiger partial charge is 0.137 e. The molecule has 0 atom stereocenters. The van der Waals surface area contributed by atoms with Gasteiger partial charge in [0.1, 0.15) is 24.0 Å². The van der Waals surface area contributed by atoms with Gasteiger partial charge in [0, 0.05) is 45.9 Å². The summed E-state index contributed by atoms with van der Waals surface area (Å²) >= 11 is 0. The van der Waals surface area contributed by atoms with Crippen molar-refractivity contribution in [2.75, 3.05) is 16.5 Å². The number of anilines is 4. The molecule has 1 aliphatic rings. The molecule has 0 saturated heterocycles. The fourth-order valence-corrected chi connectivity index (χ4v) is 9.44. The van der Waals surface area contributed by atoms with Crippen molar-refractivity contribution >= 4 is 44.6 Å². The van der Waals surface area contributed by atoms with Crippen LogP contribution in [0.4, 0.5) is 22.7 Å². The maximum absolute atomic E-state index is 9.56. The fourth-order valence-electron chi connectivity index (χ4n) is 9.44. The highest BCUT2D eigenvalue weighted by atomic mass is 16.5. The van der Waals surface area contributed by atoms with Gasteiger partial charge in [-0.25, -0.2) is 4.98 Å². The standard InChI is InChI=1S/C62H54N4O/c1-61(2,3)46-30-27-42(28-31-46)45-29-34-55-54(37-45)53-33-32-50(40-58(53)66(55)59-38-47(35-36-63-59)62(4,5)6)67-49-22-15-21-48(39-49)64-41-65(57-26-14-13-25-56(57)64)60-51(43-17-9-7-10-18-43)23-16-24-52(60)44-19-11-8-12-20-44/h7-40H,41H2,1-6H3/i35D,36D,38D. The van der Waals surface area contributed by atoms with Crippen molar-refractivity contribution in [3.63, 3.8) is 0 Å². The van der Waals surface area contributed by atoms with E-state index in [1.54, 1.807) is 0 Å². The van der Waals surface area contributed by atoms with Crippen LogP contribution in [0, 0.1) is 0 Å². The molecule has 11 rings (SSSR count). The molecule has 10 aromatic rings. The van der Waals surface area contributed by atoms with Gasteiger partial charge in [-0.3, -0.25) is 4.57 Å². The van der Waals surface area contributed by atoms with Crippen LogP contribution in [-0.2, 0) is 10.8 Å². The van der Waals surface area contributed by atoms with E-state index >= 15 is 0 Å². The highest BCUT2D eigenvalue weighted by molar-refractivity contribution is 6.11. The SMILES string of the molecule is [2H]c1nc(-n2c3ccc(-c4ccc(C(C)(C)C)cc4)cc3c3ccc(Oc4cccc(N5CN(c6c(-c7ccccc7)cccc6-c6ccccc6)c6ccccc65)c4)cc32)c([2H])c(C(C)(C)C)c1[2H]. The highest BCUT2D eigenvalue weighted by Gasteiger charge is 2.31. The Bertz CT molecular complexity index is 3550. The van der Waals surface area contributed by atoms with Gasteiger partial charge in [-0.2, -0.15) is 0 Å². The molecule has 8 aromatic carbocycles. The molecule has 0 bridgehead atoms. The molecule has 5 nitrogen and oxygen atoms in total. The lowest BCUT2D eigenvalue weighted by molar-refractivity contribution is 0.483. The van der Waals surface area contributed by atoms with Gasteiger partial charge in [0.15, 0.2) is 0 Å². The van der Waals surface area contributed by atoms with E-state index in [1.807, 2.05) is 49.6 Å². The molecular formula is C62H54N4O. The van der Waals surface area contributed by atoms with E-state index in [2.05, 4.69) is 199 Å². The molecule has 67 heavy (non-hydrogen) atoms. The predicted molar refractivity (Wildman–Crippen MR) is 281 cm³/mol. The summed E-state index contributed by atoms with van der Waals surface area (Å²) in [6.45, 7) is 13.2. The van der Waals surface area contributed by atoms with Crippen LogP contribution in [0.2, 0.25) is 0 Å². The van der Waals surface area contributed by atoms with Crippen molar-refractivity contribution in [1.82, 2.24) is 9.55 Å². The summed E-state index contributed by atoms with van der Waals surface area (Å²) < 4.78 is 36.1. The molecule has 0 saturated carbocycles. The first-order chi connectivity index (χ1) is 33.7. The van der Waals surface area contributed by atoms with Crippen LogP contribution in [0.5, 0.6) is 11.5 Å². The van der Waals surface area contributed by atoms with Crippen molar-refractivity contribution < 1.29 is 8.85 Å². The zero-order valence-corrected chi connectivity index (χ0v) is 38.8. The van der Waals surface area contributed by atoms with Crippen LogP contribution in [0.15, 0.2) is 206 Å². The van der Waals surface area contributed by atoms with Gasteiger partial charge in [0.25, 0.3) is 0 Å². The van der Waals surface area contributed by atoms with Crippen molar-refractivity contribution in [2.24, 2.45) is 0 Å². The molecule has 0 unspecified atom stereocenters. The number of pyridine rings is 1. The summed E-state index contributed by atoms with van der Waals surface area (Å²) in [6, 6.07) is 66.1. The molecule has 1 aliphatic heterocycles. The Labute approximate surface area is 398 Å². The van der Waals surface area contributed by atoms with Crippen molar-refractivity contribution in [3.8, 4) is 50.7 Å². The van der Waals surface area contributed by atoms with Crippen molar-refractivity contribution in [3.05, 3.63) is 217 Å². The zero-order chi connectivity index (χ0) is 48.5. The Morgan fingerprint density at radius 3 is 1.78 bits per heavy atom. The number of ether oxygens (including phenoxy) is 1. The van der Waals surface area contributed by atoms with Crippen LogP contribution in [0.1, 0.15) is 56.8 Å². The molecule has 2 aromatic heterocycles. The van der Waals surface area contributed by atoms with Crippen LogP contribution < -0.4 is 14.5 Å². The third kappa shape index (κ3) is 7.80. The summed E-state index contributed by atoms with van der Waals surface area (Å²) in [6.07, 6.45) is -0.160. The highest BCUT2D eigenvalue weighted by Crippen LogP contribution is 2.50. The molecule has 0 radical (unpaired) electrons. The maximum atomic E-state index is 9.56. The number of rotatable bonds is 8. The summed E-state index contributed by atoms with van der Waals surface area (Å²) in [4.78, 5) is 9.44. The summed E-state index contributed by atoms with van der Waals surface area (Å²) in [5.74, 6) is 1.60. The number of nitrogens with zero attached hydrogens (tertiary/aromatic N) is 4. The third-order valence-electron chi connectivity index (χ3n) is 12.9. The second-order valence-corrected chi connectivity index (χ2v) is 19.5. The van der Waals surface area contributed by atoms with Gasteiger partial charge in [0.05, 0.1) is 32.2 Å². The van der Waals surface area contributed by atoms with Gasteiger partial charge < -0.3 is 14.5 Å². The number of fused-ring (bicyclic) bond motifs is 4. The van der Waals surface area contributed by atoms with E-state index in [-0.39, 0.29) is 23.7 Å². The van der Waals surface area contributed by atoms with Crippen LogP contribution >= 0.6 is 0 Å². The number of hydrogen-bond donors (Lipinski definition) is 0. The second-order valence-electron chi connectivity index (χ2n) is 19.5. The molecule has 0 aliphatic carbocycles. The van der Waals surface area contributed by atoms with Gasteiger partial charge in [0.2, 0.25) is 0 Å². The van der Waals surface area contributed by atoms with Gasteiger partial charge in [-0.05, 0) is 105 Å². The summed E-state index contributed by atoms with van der Waals surface area (Å²) in [5.41, 5.74) is 14.0. The van der Waals surface area contributed by atoms with E-state index < -0.39 is 5.41 Å². The van der Waals surface area contributed by atoms with Gasteiger partial charge in [-0.15, -0.1) is 0 Å².